The van der Waals surface area contributed by atoms with Crippen LogP contribution in [0.25, 0.3) is 0 Å². The van der Waals surface area contributed by atoms with Crippen LogP contribution < -0.4 is 11.1 Å². The van der Waals surface area contributed by atoms with Gasteiger partial charge in [-0.3, -0.25) is 4.79 Å². The van der Waals surface area contributed by atoms with Gasteiger partial charge in [0, 0.05) is 0 Å². The molecule has 2 atom stereocenters. The van der Waals surface area contributed by atoms with Gasteiger partial charge in [-0.2, -0.15) is 0 Å². The Morgan fingerprint density at radius 3 is 2.37 bits per heavy atom. The van der Waals surface area contributed by atoms with E-state index in [-0.39, 0.29) is 11.9 Å². The number of nitrogens with one attached hydrogen (secondary N) is 1. The standard InChI is InChI=1S/C16H24N2O/c1-11(2)14(12-7-5-4-6-8-12)18-15(19)16(3,17)13-9-10-13/h4-8,11,13-14H,9-10,17H2,1-3H3,(H,18,19). The van der Waals surface area contributed by atoms with Gasteiger partial charge in [0.2, 0.25) is 5.91 Å². The van der Waals surface area contributed by atoms with Crippen molar-refractivity contribution in [3.05, 3.63) is 35.9 Å². The average molecular weight is 260 g/mol. The van der Waals surface area contributed by atoms with Crippen molar-refractivity contribution in [3.8, 4) is 0 Å². The molecule has 0 saturated heterocycles. The Hall–Kier alpha value is -1.35. The molecule has 2 rings (SSSR count). The highest BCUT2D eigenvalue weighted by molar-refractivity contribution is 5.86. The van der Waals surface area contributed by atoms with E-state index in [9.17, 15) is 4.79 Å². The number of rotatable bonds is 5. The maximum atomic E-state index is 12.4. The molecule has 1 saturated carbocycles. The first-order valence-electron chi connectivity index (χ1n) is 7.07. The molecule has 3 N–H and O–H groups in total. The summed E-state index contributed by atoms with van der Waals surface area (Å²) in [6.07, 6.45) is 2.14. The average Bonchev–Trinajstić information content (AvgIpc) is 3.20. The number of amides is 1. The van der Waals surface area contributed by atoms with Gasteiger partial charge in [-0.15, -0.1) is 0 Å². The summed E-state index contributed by atoms with van der Waals surface area (Å²) < 4.78 is 0. The van der Waals surface area contributed by atoms with E-state index in [0.29, 0.717) is 11.8 Å². The Morgan fingerprint density at radius 2 is 1.89 bits per heavy atom. The third-order valence-corrected chi connectivity index (χ3v) is 4.03. The third-order valence-electron chi connectivity index (χ3n) is 4.03. The number of hydrogen-bond acceptors (Lipinski definition) is 2. The van der Waals surface area contributed by atoms with E-state index in [1.54, 1.807) is 0 Å². The van der Waals surface area contributed by atoms with Crippen LogP contribution in [-0.4, -0.2) is 11.4 Å². The molecule has 3 heteroatoms. The molecule has 2 unspecified atom stereocenters. The molecule has 1 aliphatic carbocycles. The maximum Gasteiger partial charge on any atom is 0.240 e. The van der Waals surface area contributed by atoms with E-state index in [4.69, 9.17) is 5.73 Å². The first-order chi connectivity index (χ1) is 8.93. The molecule has 1 fully saturated rings. The summed E-state index contributed by atoms with van der Waals surface area (Å²) in [4.78, 5) is 12.4. The summed E-state index contributed by atoms with van der Waals surface area (Å²) >= 11 is 0. The lowest BCUT2D eigenvalue weighted by Gasteiger charge is -2.29. The van der Waals surface area contributed by atoms with Crippen LogP contribution in [0.4, 0.5) is 0 Å². The molecule has 104 valence electrons. The van der Waals surface area contributed by atoms with Gasteiger partial charge in [-0.25, -0.2) is 0 Å². The molecule has 1 aliphatic rings. The first-order valence-corrected chi connectivity index (χ1v) is 7.07. The van der Waals surface area contributed by atoms with Gasteiger partial charge in [-0.1, -0.05) is 44.2 Å². The topological polar surface area (TPSA) is 55.1 Å². The molecule has 0 heterocycles. The lowest BCUT2D eigenvalue weighted by Crippen LogP contribution is -2.54. The van der Waals surface area contributed by atoms with Crippen LogP contribution in [-0.2, 0) is 4.79 Å². The second-order valence-electron chi connectivity index (χ2n) is 6.16. The zero-order valence-electron chi connectivity index (χ0n) is 12.0. The quantitative estimate of drug-likeness (QED) is 0.855. The summed E-state index contributed by atoms with van der Waals surface area (Å²) in [5.74, 6) is 0.648. The van der Waals surface area contributed by atoms with E-state index in [2.05, 4.69) is 31.3 Å². The van der Waals surface area contributed by atoms with E-state index in [1.165, 1.54) is 0 Å². The van der Waals surface area contributed by atoms with Crippen molar-refractivity contribution in [1.82, 2.24) is 5.32 Å². The van der Waals surface area contributed by atoms with Crippen molar-refractivity contribution < 1.29 is 4.79 Å². The summed E-state index contributed by atoms with van der Waals surface area (Å²) in [7, 11) is 0. The zero-order valence-corrected chi connectivity index (χ0v) is 12.0. The molecule has 1 amide bonds. The fourth-order valence-electron chi connectivity index (χ4n) is 2.46. The van der Waals surface area contributed by atoms with Gasteiger partial charge in [-0.05, 0) is 37.2 Å². The van der Waals surface area contributed by atoms with Gasteiger partial charge in [0.05, 0.1) is 11.6 Å². The van der Waals surface area contributed by atoms with Crippen LogP contribution in [0.15, 0.2) is 30.3 Å². The molecule has 3 nitrogen and oxygen atoms in total. The minimum absolute atomic E-state index is 0.0234. The van der Waals surface area contributed by atoms with Gasteiger partial charge < -0.3 is 11.1 Å². The van der Waals surface area contributed by atoms with E-state index in [0.717, 1.165) is 18.4 Å². The Labute approximate surface area is 115 Å². The van der Waals surface area contributed by atoms with Crippen molar-refractivity contribution in [2.24, 2.45) is 17.6 Å². The van der Waals surface area contributed by atoms with Crippen molar-refractivity contribution in [1.29, 1.82) is 0 Å². The van der Waals surface area contributed by atoms with Crippen LogP contribution in [0.5, 0.6) is 0 Å². The Bertz CT molecular complexity index is 435. The highest BCUT2D eigenvalue weighted by atomic mass is 16.2. The number of nitrogens with two attached hydrogens (primary N) is 1. The van der Waals surface area contributed by atoms with Gasteiger partial charge in [0.1, 0.15) is 0 Å². The third kappa shape index (κ3) is 3.16. The number of benzene rings is 1. The summed E-state index contributed by atoms with van der Waals surface area (Å²) in [5.41, 5.74) is 6.58. The van der Waals surface area contributed by atoms with Gasteiger partial charge in [0.25, 0.3) is 0 Å². The molecule has 19 heavy (non-hydrogen) atoms. The molecular formula is C16H24N2O. The second kappa shape index (κ2) is 5.33. The minimum atomic E-state index is -0.734. The maximum absolute atomic E-state index is 12.4. The number of carbonyl (C=O) groups is 1. The van der Waals surface area contributed by atoms with E-state index >= 15 is 0 Å². The molecule has 1 aromatic carbocycles. The van der Waals surface area contributed by atoms with E-state index < -0.39 is 5.54 Å². The van der Waals surface area contributed by atoms with Crippen LogP contribution in [0.2, 0.25) is 0 Å². The van der Waals surface area contributed by atoms with Crippen LogP contribution in [0.1, 0.15) is 45.2 Å². The highest BCUT2D eigenvalue weighted by Crippen LogP contribution is 2.38. The SMILES string of the molecule is CC(C)C(NC(=O)C(C)(N)C1CC1)c1ccccc1. The Morgan fingerprint density at radius 1 is 1.32 bits per heavy atom. The summed E-state index contributed by atoms with van der Waals surface area (Å²) in [5, 5.41) is 3.13. The predicted octanol–water partition coefficient (Wildman–Crippen LogP) is 2.63. The van der Waals surface area contributed by atoms with Crippen molar-refractivity contribution in [3.63, 3.8) is 0 Å². The Balaban J connectivity index is 2.11. The molecule has 1 aromatic rings. The van der Waals surface area contributed by atoms with E-state index in [1.807, 2.05) is 25.1 Å². The fourth-order valence-corrected chi connectivity index (χ4v) is 2.46. The van der Waals surface area contributed by atoms with Crippen molar-refractivity contribution in [2.75, 3.05) is 0 Å². The summed E-state index contributed by atoms with van der Waals surface area (Å²) in [6.45, 7) is 6.08. The summed E-state index contributed by atoms with van der Waals surface area (Å²) in [6, 6.07) is 10.1. The second-order valence-corrected chi connectivity index (χ2v) is 6.16. The molecular weight excluding hydrogens is 236 g/mol. The first kappa shape index (κ1) is 14.1. The monoisotopic (exact) mass is 260 g/mol. The highest BCUT2D eigenvalue weighted by Gasteiger charge is 2.44. The lowest BCUT2D eigenvalue weighted by atomic mass is 9.92. The Kier molecular flexibility index (Phi) is 3.95. The van der Waals surface area contributed by atoms with Crippen molar-refractivity contribution >= 4 is 5.91 Å². The van der Waals surface area contributed by atoms with Crippen LogP contribution in [0.3, 0.4) is 0 Å². The molecule has 0 spiro atoms. The van der Waals surface area contributed by atoms with Gasteiger partial charge in [0.15, 0.2) is 0 Å². The number of carbonyl (C=O) groups excluding carboxylic acids is 1. The predicted molar refractivity (Wildman–Crippen MR) is 77.5 cm³/mol. The lowest BCUT2D eigenvalue weighted by molar-refractivity contribution is -0.127. The van der Waals surface area contributed by atoms with Gasteiger partial charge >= 0.3 is 0 Å². The molecule has 0 aromatic heterocycles. The van der Waals surface area contributed by atoms with Crippen molar-refractivity contribution in [2.45, 2.75) is 45.2 Å². The zero-order chi connectivity index (χ0) is 14.0. The molecule has 0 bridgehead atoms. The van der Waals surface area contributed by atoms with Crippen LogP contribution >= 0.6 is 0 Å². The number of hydrogen-bond donors (Lipinski definition) is 2. The normalized spacial score (nSPS) is 19.8. The fraction of sp³-hybridized carbons (Fsp3) is 0.562. The van der Waals surface area contributed by atoms with Crippen LogP contribution in [0, 0.1) is 11.8 Å². The minimum Gasteiger partial charge on any atom is -0.347 e. The molecule has 0 aliphatic heterocycles. The molecule has 0 radical (unpaired) electrons. The smallest absolute Gasteiger partial charge is 0.240 e. The largest absolute Gasteiger partial charge is 0.347 e.